The molecular weight excluding hydrogens is 344 g/mol. The van der Waals surface area contributed by atoms with Crippen molar-refractivity contribution in [2.24, 2.45) is 0 Å². The lowest BCUT2D eigenvalue weighted by Gasteiger charge is -2.09. The number of nitrogens with zero attached hydrogens (tertiary/aromatic N) is 1. The van der Waals surface area contributed by atoms with E-state index in [4.69, 9.17) is 0 Å². The van der Waals surface area contributed by atoms with Crippen LogP contribution in [0.3, 0.4) is 0 Å². The molecule has 6 heteroatoms. The summed E-state index contributed by atoms with van der Waals surface area (Å²) in [6.07, 6.45) is 4.71. The third kappa shape index (κ3) is 1.83. The molecule has 0 saturated carbocycles. The molecule has 3 nitrogen and oxygen atoms in total. The Kier molecular flexibility index (Phi) is 3.01. The van der Waals surface area contributed by atoms with Crippen LogP contribution in [0.15, 0.2) is 9.95 Å². The molecule has 2 aliphatic rings. The summed E-state index contributed by atoms with van der Waals surface area (Å²) >= 11 is 7.09. The molecule has 0 bridgehead atoms. The molecule has 0 aromatic carbocycles. The van der Waals surface area contributed by atoms with E-state index in [0.29, 0.717) is 5.25 Å². The number of rotatable bonds is 1. The molecule has 1 atom stereocenters. The van der Waals surface area contributed by atoms with Crippen molar-refractivity contribution in [3.05, 3.63) is 20.8 Å². The zero-order valence-corrected chi connectivity index (χ0v) is 13.6. The van der Waals surface area contributed by atoms with E-state index in [0.717, 1.165) is 40.1 Å². The molecule has 0 spiro atoms. The van der Waals surface area contributed by atoms with Crippen molar-refractivity contribution in [2.75, 3.05) is 5.33 Å². The Hall–Kier alpha value is -0.330. The fourth-order valence-corrected chi connectivity index (χ4v) is 6.00. The van der Waals surface area contributed by atoms with Gasteiger partial charge in [-0.25, -0.2) is 9.78 Å². The average Bonchev–Trinajstić information content (AvgIpc) is 2.99. The number of aromatic nitrogens is 2. The van der Waals surface area contributed by atoms with Crippen LogP contribution < -0.4 is 10.5 Å². The zero-order chi connectivity index (χ0) is 13.0. The normalized spacial score (nSPS) is 21.6. The van der Waals surface area contributed by atoms with Gasteiger partial charge in [-0.2, -0.15) is 4.57 Å². The smallest absolute Gasteiger partial charge is 0.241 e. The Labute approximate surface area is 127 Å². The van der Waals surface area contributed by atoms with Gasteiger partial charge in [0.2, 0.25) is 0 Å². The van der Waals surface area contributed by atoms with E-state index >= 15 is 0 Å². The van der Waals surface area contributed by atoms with Crippen LogP contribution in [0.1, 0.15) is 23.3 Å². The molecule has 2 aromatic heterocycles. The summed E-state index contributed by atoms with van der Waals surface area (Å²) in [5.74, 6) is 0. The highest BCUT2D eigenvalue weighted by molar-refractivity contribution is 9.09. The maximum absolute atomic E-state index is 12.7. The quantitative estimate of drug-likeness (QED) is 0.580. The summed E-state index contributed by atoms with van der Waals surface area (Å²) in [4.78, 5) is 18.7. The summed E-state index contributed by atoms with van der Waals surface area (Å²) in [6, 6.07) is 0. The highest BCUT2D eigenvalue weighted by Crippen LogP contribution is 2.35. The monoisotopic (exact) mass is 357 g/mol. The van der Waals surface area contributed by atoms with Gasteiger partial charge in [0, 0.05) is 10.2 Å². The summed E-state index contributed by atoms with van der Waals surface area (Å²) in [5.41, 5.74) is 1.55. The molecule has 1 N–H and O–H groups in total. The van der Waals surface area contributed by atoms with Crippen molar-refractivity contribution in [3.8, 4) is 0 Å². The highest BCUT2D eigenvalue weighted by atomic mass is 79.9. The van der Waals surface area contributed by atoms with Crippen molar-refractivity contribution in [3.63, 3.8) is 0 Å². The second-order valence-corrected chi connectivity index (χ2v) is 8.20. The Morgan fingerprint density at radius 2 is 2.21 bits per heavy atom. The van der Waals surface area contributed by atoms with Crippen LogP contribution in [0, 0.1) is 0 Å². The van der Waals surface area contributed by atoms with Gasteiger partial charge in [0.15, 0.2) is 4.83 Å². The predicted molar refractivity (Wildman–Crippen MR) is 82.7 cm³/mol. The van der Waals surface area contributed by atoms with Crippen LogP contribution in [0.25, 0.3) is 10.2 Å². The first-order valence-corrected chi connectivity index (χ1v) is 9.42. The average molecular weight is 358 g/mol. The number of aromatic amines is 1. The van der Waals surface area contributed by atoms with Crippen molar-refractivity contribution < 1.29 is 4.98 Å². The number of halogens is 1. The van der Waals surface area contributed by atoms with Crippen LogP contribution in [0.5, 0.6) is 0 Å². The van der Waals surface area contributed by atoms with E-state index in [1.54, 1.807) is 23.1 Å². The summed E-state index contributed by atoms with van der Waals surface area (Å²) in [5, 5.41) is 3.40. The lowest BCUT2D eigenvalue weighted by atomic mass is 9.97. The molecule has 4 rings (SSSR count). The molecule has 0 radical (unpaired) electrons. The minimum atomic E-state index is 0.221. The fraction of sp³-hybridized carbons (Fsp3) is 0.538. The van der Waals surface area contributed by atoms with Gasteiger partial charge >= 0.3 is 10.7 Å². The third-order valence-electron chi connectivity index (χ3n) is 3.93. The Morgan fingerprint density at radius 3 is 3.05 bits per heavy atom. The molecule has 0 amide bonds. The number of H-pyrrole nitrogens is 1. The van der Waals surface area contributed by atoms with E-state index in [-0.39, 0.29) is 5.56 Å². The molecule has 19 heavy (non-hydrogen) atoms. The number of nitrogens with one attached hydrogen (secondary N) is 1. The number of aryl methyl sites for hydroxylation is 2. The van der Waals surface area contributed by atoms with E-state index in [1.165, 1.54) is 23.3 Å². The zero-order valence-electron chi connectivity index (χ0n) is 10.4. The molecule has 2 aromatic rings. The Bertz CT molecular complexity index is 721. The Morgan fingerprint density at radius 1 is 1.37 bits per heavy atom. The Balaban J connectivity index is 1.97. The second kappa shape index (κ2) is 4.60. The first kappa shape index (κ1) is 12.4. The predicted octanol–water partition coefficient (Wildman–Crippen LogP) is 2.63. The molecular formula is C13H14BrN2OS2+. The second-order valence-electron chi connectivity index (χ2n) is 5.16. The molecule has 1 unspecified atom stereocenters. The highest BCUT2D eigenvalue weighted by Gasteiger charge is 2.33. The number of alkyl halides is 1. The molecule has 0 fully saturated rings. The van der Waals surface area contributed by atoms with Crippen molar-refractivity contribution in [2.45, 2.75) is 42.6 Å². The van der Waals surface area contributed by atoms with Gasteiger partial charge in [-0.1, -0.05) is 27.3 Å². The van der Waals surface area contributed by atoms with Crippen molar-refractivity contribution in [1.29, 1.82) is 0 Å². The fourth-order valence-electron chi connectivity index (χ4n) is 3.01. The van der Waals surface area contributed by atoms with E-state index in [2.05, 4.69) is 20.9 Å². The van der Waals surface area contributed by atoms with Gasteiger partial charge in [-0.15, -0.1) is 0 Å². The first-order chi connectivity index (χ1) is 9.28. The standard InChI is InChI=1S/C13H13BrN2OS2/c14-5-7-6-16-12(17)10-8-3-1-2-4-9(8)19-11(10)15-13(16)18-7/h7H,1-6H2/p+1. The van der Waals surface area contributed by atoms with E-state index < -0.39 is 0 Å². The molecule has 1 aliphatic heterocycles. The number of thiophene rings is 1. The van der Waals surface area contributed by atoms with Gasteiger partial charge in [0.25, 0.3) is 0 Å². The van der Waals surface area contributed by atoms with Crippen LogP contribution in [-0.2, 0) is 19.4 Å². The van der Waals surface area contributed by atoms with Gasteiger partial charge in [0.05, 0.1) is 5.25 Å². The largest absolute Gasteiger partial charge is 0.347 e. The summed E-state index contributed by atoms with van der Waals surface area (Å²) < 4.78 is 1.93. The summed E-state index contributed by atoms with van der Waals surface area (Å²) in [6.45, 7) is 0.821. The van der Waals surface area contributed by atoms with Crippen molar-refractivity contribution in [1.82, 2.24) is 4.57 Å². The maximum Gasteiger partial charge on any atom is 0.347 e. The maximum atomic E-state index is 12.7. The molecule has 0 saturated heterocycles. The van der Waals surface area contributed by atoms with Gasteiger partial charge in [-0.3, -0.25) is 0 Å². The number of hydrogen-bond donors (Lipinski definition) is 0. The van der Waals surface area contributed by atoms with E-state index in [9.17, 15) is 4.79 Å². The first-order valence-electron chi connectivity index (χ1n) is 6.61. The minimum Gasteiger partial charge on any atom is -0.241 e. The van der Waals surface area contributed by atoms with Crippen LogP contribution in [0.2, 0.25) is 0 Å². The third-order valence-corrected chi connectivity index (χ3v) is 7.54. The van der Waals surface area contributed by atoms with Crippen molar-refractivity contribution >= 4 is 49.2 Å². The van der Waals surface area contributed by atoms with Gasteiger partial charge in [0.1, 0.15) is 11.9 Å². The SMILES string of the molecule is O=c1c2c3c(sc2[nH+]c2n1CC(CBr)S2)CCCC3. The minimum absolute atomic E-state index is 0.221. The lowest BCUT2D eigenvalue weighted by Crippen LogP contribution is -2.27. The van der Waals surface area contributed by atoms with Crippen LogP contribution in [-0.4, -0.2) is 15.1 Å². The number of hydrogen-bond acceptors (Lipinski definition) is 3. The molecule has 1 aliphatic carbocycles. The van der Waals surface area contributed by atoms with Crippen LogP contribution in [0.4, 0.5) is 0 Å². The molecule has 100 valence electrons. The number of fused-ring (bicyclic) bond motifs is 4. The topological polar surface area (TPSA) is 36.1 Å². The van der Waals surface area contributed by atoms with Gasteiger partial charge in [-0.05, 0) is 43.0 Å². The van der Waals surface area contributed by atoms with Gasteiger partial charge < -0.3 is 0 Å². The lowest BCUT2D eigenvalue weighted by molar-refractivity contribution is -0.403. The molecule has 3 heterocycles. The number of thioether (sulfide) groups is 1. The summed E-state index contributed by atoms with van der Waals surface area (Å²) in [7, 11) is 0. The van der Waals surface area contributed by atoms with Crippen LogP contribution >= 0.6 is 39.0 Å². The van der Waals surface area contributed by atoms with E-state index in [1.807, 2.05) is 4.57 Å².